The summed E-state index contributed by atoms with van der Waals surface area (Å²) in [6.45, 7) is 4.82. The van der Waals surface area contributed by atoms with Crippen LogP contribution in [0.3, 0.4) is 0 Å². The molecule has 0 unspecified atom stereocenters. The van der Waals surface area contributed by atoms with Crippen LogP contribution < -0.4 is 9.64 Å². The van der Waals surface area contributed by atoms with Crippen LogP contribution in [0.15, 0.2) is 60.7 Å². The molecule has 29 heavy (non-hydrogen) atoms. The molecule has 3 aromatic rings. The zero-order chi connectivity index (χ0) is 20.2. The van der Waals surface area contributed by atoms with Crippen molar-refractivity contribution in [1.82, 2.24) is 15.1 Å². The standard InChI is InChI=1S/C23H24N4O2/c1-17-5-3-4-6-20(17)23(28)27-15-13-26(14-16-27)22-12-11-21(24-25-22)18-7-9-19(29-2)10-8-18/h3-12H,13-16H2,1-2H3. The lowest BCUT2D eigenvalue weighted by Crippen LogP contribution is -2.49. The lowest BCUT2D eigenvalue weighted by Gasteiger charge is -2.35. The quantitative estimate of drug-likeness (QED) is 0.685. The monoisotopic (exact) mass is 388 g/mol. The molecule has 0 bridgehead atoms. The maximum absolute atomic E-state index is 12.8. The first-order valence-corrected chi connectivity index (χ1v) is 9.74. The van der Waals surface area contributed by atoms with Gasteiger partial charge in [0.1, 0.15) is 5.75 Å². The van der Waals surface area contributed by atoms with Crippen molar-refractivity contribution in [3.8, 4) is 17.0 Å². The number of aromatic nitrogens is 2. The van der Waals surface area contributed by atoms with Crippen molar-refractivity contribution in [2.24, 2.45) is 0 Å². The summed E-state index contributed by atoms with van der Waals surface area (Å²) in [4.78, 5) is 16.9. The lowest BCUT2D eigenvalue weighted by atomic mass is 10.1. The molecule has 1 saturated heterocycles. The highest BCUT2D eigenvalue weighted by Gasteiger charge is 2.23. The fraction of sp³-hybridized carbons (Fsp3) is 0.261. The molecule has 0 N–H and O–H groups in total. The summed E-state index contributed by atoms with van der Waals surface area (Å²) in [6.07, 6.45) is 0. The van der Waals surface area contributed by atoms with Gasteiger partial charge in [-0.25, -0.2) is 0 Å². The summed E-state index contributed by atoms with van der Waals surface area (Å²) in [5.41, 5.74) is 3.62. The van der Waals surface area contributed by atoms with E-state index in [4.69, 9.17) is 4.74 Å². The molecular formula is C23H24N4O2. The first-order valence-electron chi connectivity index (χ1n) is 9.74. The van der Waals surface area contributed by atoms with Gasteiger partial charge in [0.2, 0.25) is 0 Å². The fourth-order valence-electron chi connectivity index (χ4n) is 3.53. The molecule has 148 valence electrons. The molecule has 1 aliphatic heterocycles. The first kappa shape index (κ1) is 18.9. The molecule has 0 spiro atoms. The highest BCUT2D eigenvalue weighted by Crippen LogP contribution is 2.22. The van der Waals surface area contributed by atoms with Crippen molar-refractivity contribution in [2.45, 2.75) is 6.92 Å². The zero-order valence-electron chi connectivity index (χ0n) is 16.7. The van der Waals surface area contributed by atoms with Gasteiger partial charge in [0.05, 0.1) is 12.8 Å². The Labute approximate surface area is 170 Å². The Morgan fingerprint density at radius 1 is 0.897 bits per heavy atom. The van der Waals surface area contributed by atoms with Crippen LogP contribution in [0, 0.1) is 6.92 Å². The molecule has 2 aromatic carbocycles. The number of carbonyl (C=O) groups is 1. The number of amides is 1. The van der Waals surface area contributed by atoms with Crippen LogP contribution in [0.4, 0.5) is 5.82 Å². The largest absolute Gasteiger partial charge is 0.497 e. The number of benzene rings is 2. The van der Waals surface area contributed by atoms with Crippen molar-refractivity contribution in [2.75, 3.05) is 38.2 Å². The number of hydrogen-bond donors (Lipinski definition) is 0. The van der Waals surface area contributed by atoms with Crippen LogP contribution in [-0.4, -0.2) is 54.3 Å². The third-order valence-corrected chi connectivity index (χ3v) is 5.30. The summed E-state index contributed by atoms with van der Waals surface area (Å²) in [7, 11) is 1.65. The lowest BCUT2D eigenvalue weighted by molar-refractivity contribution is 0.0745. The van der Waals surface area contributed by atoms with E-state index in [0.29, 0.717) is 13.1 Å². The molecule has 1 aromatic heterocycles. The molecule has 6 nitrogen and oxygen atoms in total. The molecule has 0 aliphatic carbocycles. The molecule has 6 heteroatoms. The number of methoxy groups -OCH3 is 1. The molecule has 1 amide bonds. The summed E-state index contributed by atoms with van der Waals surface area (Å²) in [6, 6.07) is 19.5. The predicted molar refractivity (Wildman–Crippen MR) is 113 cm³/mol. The van der Waals surface area contributed by atoms with Gasteiger partial charge in [0, 0.05) is 37.3 Å². The van der Waals surface area contributed by atoms with Gasteiger partial charge in [-0.2, -0.15) is 0 Å². The molecule has 0 atom stereocenters. The van der Waals surface area contributed by atoms with E-state index in [1.165, 1.54) is 0 Å². The molecular weight excluding hydrogens is 364 g/mol. The Bertz CT molecular complexity index is 979. The number of hydrogen-bond acceptors (Lipinski definition) is 5. The number of nitrogens with zero attached hydrogens (tertiary/aromatic N) is 4. The van der Waals surface area contributed by atoms with E-state index in [-0.39, 0.29) is 5.91 Å². The number of ether oxygens (including phenoxy) is 1. The van der Waals surface area contributed by atoms with E-state index in [9.17, 15) is 4.79 Å². The minimum absolute atomic E-state index is 0.101. The summed E-state index contributed by atoms with van der Waals surface area (Å²) < 4.78 is 5.19. The maximum atomic E-state index is 12.8. The third kappa shape index (κ3) is 4.06. The first-order chi connectivity index (χ1) is 14.2. The van der Waals surface area contributed by atoms with Crippen LogP contribution in [0.1, 0.15) is 15.9 Å². The number of piperazine rings is 1. The minimum Gasteiger partial charge on any atom is -0.497 e. The molecule has 0 radical (unpaired) electrons. The topological polar surface area (TPSA) is 58.6 Å². The highest BCUT2D eigenvalue weighted by molar-refractivity contribution is 5.95. The Morgan fingerprint density at radius 2 is 1.62 bits per heavy atom. The number of carbonyl (C=O) groups excluding carboxylic acids is 1. The van der Waals surface area contributed by atoms with Gasteiger partial charge in [0.25, 0.3) is 5.91 Å². The second kappa shape index (κ2) is 8.31. The fourth-order valence-corrected chi connectivity index (χ4v) is 3.53. The van der Waals surface area contributed by atoms with Gasteiger partial charge in [-0.1, -0.05) is 18.2 Å². The van der Waals surface area contributed by atoms with E-state index in [2.05, 4.69) is 15.1 Å². The van der Waals surface area contributed by atoms with Crippen molar-refractivity contribution in [1.29, 1.82) is 0 Å². The molecule has 4 rings (SSSR count). The van der Waals surface area contributed by atoms with Gasteiger partial charge in [-0.3, -0.25) is 4.79 Å². The summed E-state index contributed by atoms with van der Waals surface area (Å²) in [5.74, 6) is 1.75. The Balaban J connectivity index is 1.39. The maximum Gasteiger partial charge on any atom is 0.254 e. The smallest absolute Gasteiger partial charge is 0.254 e. The Morgan fingerprint density at radius 3 is 2.24 bits per heavy atom. The van der Waals surface area contributed by atoms with Crippen molar-refractivity contribution in [3.63, 3.8) is 0 Å². The molecule has 1 aliphatic rings. The Hall–Kier alpha value is -3.41. The van der Waals surface area contributed by atoms with Gasteiger partial charge >= 0.3 is 0 Å². The van der Waals surface area contributed by atoms with Gasteiger partial charge in [-0.05, 0) is 55.0 Å². The molecule has 2 heterocycles. The van der Waals surface area contributed by atoms with E-state index in [1.807, 2.05) is 72.5 Å². The van der Waals surface area contributed by atoms with Gasteiger partial charge in [0.15, 0.2) is 5.82 Å². The van der Waals surface area contributed by atoms with Crippen LogP contribution in [0.5, 0.6) is 5.75 Å². The normalized spacial score (nSPS) is 14.0. The van der Waals surface area contributed by atoms with Crippen LogP contribution in [0.25, 0.3) is 11.3 Å². The van der Waals surface area contributed by atoms with Gasteiger partial charge in [-0.15, -0.1) is 10.2 Å². The number of anilines is 1. The predicted octanol–water partition coefficient (Wildman–Crippen LogP) is 3.42. The summed E-state index contributed by atoms with van der Waals surface area (Å²) >= 11 is 0. The van der Waals surface area contributed by atoms with Crippen LogP contribution in [-0.2, 0) is 0 Å². The van der Waals surface area contributed by atoms with E-state index in [1.54, 1.807) is 7.11 Å². The molecule has 1 fully saturated rings. The summed E-state index contributed by atoms with van der Waals surface area (Å²) in [5, 5.41) is 8.78. The van der Waals surface area contributed by atoms with E-state index < -0.39 is 0 Å². The Kier molecular flexibility index (Phi) is 5.42. The van der Waals surface area contributed by atoms with Crippen molar-refractivity contribution in [3.05, 3.63) is 71.8 Å². The number of aryl methyl sites for hydroxylation is 1. The highest BCUT2D eigenvalue weighted by atomic mass is 16.5. The van der Waals surface area contributed by atoms with Crippen molar-refractivity contribution < 1.29 is 9.53 Å². The van der Waals surface area contributed by atoms with Crippen molar-refractivity contribution >= 4 is 11.7 Å². The number of rotatable bonds is 4. The third-order valence-electron chi connectivity index (χ3n) is 5.30. The van der Waals surface area contributed by atoms with Crippen LogP contribution >= 0.6 is 0 Å². The van der Waals surface area contributed by atoms with Crippen LogP contribution in [0.2, 0.25) is 0 Å². The minimum atomic E-state index is 0.101. The van der Waals surface area contributed by atoms with E-state index in [0.717, 1.165) is 47.0 Å². The second-order valence-electron chi connectivity index (χ2n) is 7.10. The second-order valence-corrected chi connectivity index (χ2v) is 7.10. The average molecular weight is 388 g/mol. The molecule has 0 saturated carbocycles. The average Bonchev–Trinajstić information content (AvgIpc) is 2.79. The zero-order valence-corrected chi connectivity index (χ0v) is 16.7. The van der Waals surface area contributed by atoms with Gasteiger partial charge < -0.3 is 14.5 Å². The van der Waals surface area contributed by atoms with E-state index >= 15 is 0 Å². The SMILES string of the molecule is COc1ccc(-c2ccc(N3CCN(C(=O)c4ccccc4C)CC3)nn2)cc1.